The van der Waals surface area contributed by atoms with Crippen molar-refractivity contribution in [2.45, 2.75) is 128 Å². The summed E-state index contributed by atoms with van der Waals surface area (Å²) in [6.07, 6.45) is 18.5. The number of aryl methyl sites for hydroxylation is 1. The number of nitrogen functional groups attached to an aromatic ring is 1. The third-order valence-electron chi connectivity index (χ3n) is 21.0. The van der Waals surface area contributed by atoms with E-state index in [2.05, 4.69) is 50.9 Å². The predicted molar refractivity (Wildman–Crippen MR) is 385 cm³/mol. The molecule has 0 saturated carbocycles. The molecule has 7 aromatic rings. The van der Waals surface area contributed by atoms with Gasteiger partial charge in [-0.2, -0.15) is 0 Å². The van der Waals surface area contributed by atoms with Crippen molar-refractivity contribution in [1.29, 1.82) is 0 Å². The van der Waals surface area contributed by atoms with Gasteiger partial charge in [0, 0.05) is 86.7 Å². The monoisotopic (exact) mass is 1370 g/mol. The highest BCUT2D eigenvalue weighted by Gasteiger charge is 2.34. The lowest BCUT2D eigenvalue weighted by molar-refractivity contribution is -0.132. The van der Waals surface area contributed by atoms with Gasteiger partial charge in [0.2, 0.25) is 5.91 Å². The zero-order valence-electron chi connectivity index (χ0n) is 54.2. The van der Waals surface area contributed by atoms with Gasteiger partial charge in [-0.15, -0.1) is 0 Å². The smallest absolute Gasteiger partial charge is 0.273 e. The Labute approximate surface area is 582 Å². The van der Waals surface area contributed by atoms with Crippen LogP contribution in [-0.2, 0) is 30.5 Å². The highest BCUT2D eigenvalue weighted by Crippen LogP contribution is 2.34. The van der Waals surface area contributed by atoms with Crippen LogP contribution in [0.2, 0.25) is 25.1 Å². The maximum absolute atomic E-state index is 14.1. The van der Waals surface area contributed by atoms with Crippen LogP contribution in [0.15, 0.2) is 140 Å². The molecule has 6 fully saturated rings. The summed E-state index contributed by atoms with van der Waals surface area (Å²) in [4.78, 5) is 57.0. The van der Waals surface area contributed by atoms with Crippen LogP contribution in [0.4, 0.5) is 10.1 Å². The van der Waals surface area contributed by atoms with Crippen LogP contribution in [0.25, 0.3) is 10.8 Å². The van der Waals surface area contributed by atoms with Gasteiger partial charge in [0.05, 0.1) is 26.5 Å². The number of aromatic nitrogens is 1. The van der Waals surface area contributed by atoms with Gasteiger partial charge in [-0.3, -0.25) is 19.4 Å². The number of carbonyl (C=O) groups is 3. The van der Waals surface area contributed by atoms with Crippen LogP contribution in [0.3, 0.4) is 0 Å². The summed E-state index contributed by atoms with van der Waals surface area (Å²) >= 11 is 30.3. The average Bonchev–Trinajstić information content (AvgIpc) is 0.840. The average molecular weight is 1370 g/mol. The quantitative estimate of drug-likeness (QED) is 0.114. The first-order chi connectivity index (χ1) is 45.6. The lowest BCUT2D eigenvalue weighted by Crippen LogP contribution is -2.49. The Morgan fingerprint density at radius 1 is 0.479 bits per heavy atom. The minimum atomic E-state index is -0.183. The number of anilines is 1. The van der Waals surface area contributed by atoms with Crippen LogP contribution in [0, 0.1) is 30.5 Å². The fourth-order valence-electron chi connectivity index (χ4n) is 15.2. The maximum atomic E-state index is 14.1. The van der Waals surface area contributed by atoms with Gasteiger partial charge in [0.1, 0.15) is 11.5 Å². The van der Waals surface area contributed by atoms with E-state index in [4.69, 9.17) is 63.7 Å². The van der Waals surface area contributed by atoms with Gasteiger partial charge in [0.25, 0.3) is 11.8 Å². The molecule has 0 unspecified atom stereocenters. The van der Waals surface area contributed by atoms with E-state index in [0.717, 1.165) is 177 Å². The zero-order valence-corrected chi connectivity index (χ0v) is 58.0. The van der Waals surface area contributed by atoms with Crippen LogP contribution >= 0.6 is 58.0 Å². The number of carbonyl (C=O) groups excluding carboxylic acids is 3. The summed E-state index contributed by atoms with van der Waals surface area (Å²) in [6.45, 7) is 13.7. The molecule has 11 nitrogen and oxygen atoms in total. The minimum absolute atomic E-state index is 0. The van der Waals surface area contributed by atoms with E-state index in [1.165, 1.54) is 48.4 Å². The Hall–Kier alpha value is -5.80. The molecule has 3 amide bonds. The molecular formula is C77H92Cl5FN8O3. The summed E-state index contributed by atoms with van der Waals surface area (Å²) in [5.41, 5.74) is 13.4. The largest absolute Gasteiger partial charge is 0.399 e. The van der Waals surface area contributed by atoms with E-state index < -0.39 is 0 Å². The van der Waals surface area contributed by atoms with E-state index in [9.17, 15) is 18.8 Å². The van der Waals surface area contributed by atoms with Crippen molar-refractivity contribution in [3.8, 4) is 0 Å². The van der Waals surface area contributed by atoms with Crippen LogP contribution in [0.5, 0.6) is 0 Å². The van der Waals surface area contributed by atoms with E-state index in [0.29, 0.717) is 78.8 Å². The molecule has 0 aliphatic carbocycles. The van der Waals surface area contributed by atoms with Gasteiger partial charge >= 0.3 is 0 Å². The SMILES string of the molecule is Cc1ccccc1CC(=O)N1CCC(N2CCC(Cc3ccc(Cl)cc3F)CC2)CC1.Nc1ccc(C(=O)N2CCC(N3CCC(Cc4ccc(Cl)c(Cl)c4)CC3)CC2)cc1.O=C(c1nccc2ccccc12)N1CCC(N2CCC(Cc3ccc(Cl)c(Cl)c3)CC2)CC1.[HH]. The van der Waals surface area contributed by atoms with E-state index in [-0.39, 0.29) is 25.0 Å². The summed E-state index contributed by atoms with van der Waals surface area (Å²) in [7, 11) is 0. The first-order valence-corrected chi connectivity index (χ1v) is 36.1. The number of piperidine rings is 6. The molecule has 6 aliphatic rings. The highest BCUT2D eigenvalue weighted by molar-refractivity contribution is 6.42. The standard InChI is InChI=1S/C27H29Cl2N3O.C26H32ClFN2O.C24H29Cl2N3O.H2/c28-24-6-5-20(18-25(24)29)17-19-8-13-31(14-9-19)22-10-15-32(16-11-22)27(33)26-23-4-2-1-3-21(23)7-12-30-26;1-19-4-2-3-5-21(19)17-26(31)30-14-10-24(11-15-30)29-12-8-20(9-13-29)16-22-6-7-23(27)18-25(22)28;25-22-6-1-18(16-23(22)26)15-17-7-11-28(12-8-17)21-9-13-29(14-10-21)24(30)19-2-4-20(27)5-3-19;/h1-7,12,18-19,22H,8-11,13-17H2;2-7,18,20,24H,8-17H2,1H3;1-6,16-17,21H,7-15,27H2;1H. The van der Waals surface area contributed by atoms with Crippen molar-refractivity contribution in [3.05, 3.63) is 210 Å². The van der Waals surface area contributed by atoms with Crippen molar-refractivity contribution in [2.24, 2.45) is 17.8 Å². The number of nitrogens with two attached hydrogens (primary N) is 1. The third kappa shape index (κ3) is 18.6. The molecule has 2 N–H and O–H groups in total. The molecule has 0 spiro atoms. The van der Waals surface area contributed by atoms with Crippen molar-refractivity contribution >= 4 is 92.2 Å². The molecule has 6 saturated heterocycles. The number of halogens is 6. The van der Waals surface area contributed by atoms with Crippen LogP contribution < -0.4 is 5.73 Å². The van der Waals surface area contributed by atoms with Crippen LogP contribution in [0.1, 0.15) is 127 Å². The Balaban J connectivity index is 0.000000155. The number of hydrogen-bond acceptors (Lipinski definition) is 8. The Bertz CT molecular complexity index is 3670. The topological polar surface area (TPSA) is 110 Å². The van der Waals surface area contributed by atoms with Gasteiger partial charge in [-0.25, -0.2) is 4.39 Å². The van der Waals surface area contributed by atoms with Gasteiger partial charge in [0.15, 0.2) is 0 Å². The second kappa shape index (κ2) is 33.4. The van der Waals surface area contributed by atoms with Crippen LogP contribution in [-0.4, -0.2) is 149 Å². The van der Waals surface area contributed by atoms with Crippen molar-refractivity contribution in [1.82, 2.24) is 34.4 Å². The molecule has 6 aliphatic heterocycles. The second-order valence-electron chi connectivity index (χ2n) is 27.0. The molecule has 6 aromatic carbocycles. The Morgan fingerprint density at radius 3 is 1.45 bits per heavy atom. The third-order valence-corrected chi connectivity index (χ3v) is 22.7. The molecule has 1 aromatic heterocycles. The van der Waals surface area contributed by atoms with E-state index >= 15 is 0 Å². The molecule has 0 radical (unpaired) electrons. The number of pyridine rings is 1. The fourth-order valence-corrected chi connectivity index (χ4v) is 16.0. The normalized spacial score (nSPS) is 18.9. The molecule has 7 heterocycles. The van der Waals surface area contributed by atoms with Gasteiger partial charge < -0.3 is 35.1 Å². The summed E-state index contributed by atoms with van der Waals surface area (Å²) < 4.78 is 14.1. The molecule has 17 heteroatoms. The van der Waals surface area contributed by atoms with E-state index in [1.54, 1.807) is 24.4 Å². The lowest BCUT2D eigenvalue weighted by Gasteiger charge is -2.42. The molecule has 13 rings (SSSR count). The number of nitrogens with zero attached hydrogens (tertiary/aromatic N) is 7. The number of likely N-dealkylation sites (tertiary alicyclic amines) is 6. The summed E-state index contributed by atoms with van der Waals surface area (Å²) in [6, 6.07) is 44.1. The minimum Gasteiger partial charge on any atom is -0.399 e. The zero-order chi connectivity index (χ0) is 65.7. The number of benzene rings is 6. The van der Waals surface area contributed by atoms with Crippen molar-refractivity contribution in [3.63, 3.8) is 0 Å². The maximum Gasteiger partial charge on any atom is 0.273 e. The van der Waals surface area contributed by atoms with Gasteiger partial charge in [-0.1, -0.05) is 125 Å². The number of amides is 3. The van der Waals surface area contributed by atoms with Crippen molar-refractivity contribution < 1.29 is 20.2 Å². The highest BCUT2D eigenvalue weighted by atomic mass is 35.5. The summed E-state index contributed by atoms with van der Waals surface area (Å²) in [5, 5.41) is 5.00. The predicted octanol–water partition coefficient (Wildman–Crippen LogP) is 16.8. The number of fused-ring (bicyclic) bond motifs is 1. The molecule has 500 valence electrons. The molecular weight excluding hydrogens is 1280 g/mol. The Morgan fingerprint density at radius 2 is 0.947 bits per heavy atom. The second-order valence-corrected chi connectivity index (χ2v) is 29.1. The fraction of sp³-hybridized carbons (Fsp3) is 0.455. The first-order valence-electron chi connectivity index (χ1n) is 34.2. The first kappa shape index (κ1) is 69.5. The van der Waals surface area contributed by atoms with Gasteiger partial charge in [-0.05, 0) is 260 Å². The molecule has 94 heavy (non-hydrogen) atoms. The lowest BCUT2D eigenvalue weighted by atomic mass is 9.88. The van der Waals surface area contributed by atoms with E-state index in [1.807, 2.05) is 99.6 Å². The summed E-state index contributed by atoms with van der Waals surface area (Å²) in [5.74, 6) is 2.17. The molecule has 0 bridgehead atoms. The number of rotatable bonds is 13. The number of hydrogen-bond donors (Lipinski definition) is 1. The van der Waals surface area contributed by atoms with Crippen molar-refractivity contribution in [2.75, 3.05) is 84.3 Å². The Kier molecular flexibility index (Phi) is 24.7. The molecule has 0 atom stereocenters.